The monoisotopic (exact) mass is 305 g/mol. The molecule has 0 spiro atoms. The molecular formula is C17H27N3O2. The number of alkyl carbamates (subject to hydrolysis) is 1. The maximum atomic E-state index is 11.7. The van der Waals surface area contributed by atoms with E-state index in [0.29, 0.717) is 6.04 Å². The highest BCUT2D eigenvalue weighted by Crippen LogP contribution is 2.28. The molecule has 0 aromatic carbocycles. The average molecular weight is 305 g/mol. The first-order valence-electron chi connectivity index (χ1n) is 8.02. The minimum atomic E-state index is -0.457. The minimum Gasteiger partial charge on any atom is -0.444 e. The van der Waals surface area contributed by atoms with E-state index in [1.807, 2.05) is 40.0 Å². The average Bonchev–Trinajstić information content (AvgIpc) is 2.80. The number of rotatable bonds is 5. The summed E-state index contributed by atoms with van der Waals surface area (Å²) in [5.41, 5.74) is 2.07. The molecule has 0 saturated carbocycles. The summed E-state index contributed by atoms with van der Waals surface area (Å²) in [6.07, 6.45) is 4.55. The number of amides is 1. The van der Waals surface area contributed by atoms with Crippen LogP contribution < -0.4 is 10.6 Å². The Labute approximate surface area is 132 Å². The fraction of sp³-hybridized carbons (Fsp3) is 0.647. The van der Waals surface area contributed by atoms with Gasteiger partial charge in [-0.2, -0.15) is 0 Å². The highest BCUT2D eigenvalue weighted by atomic mass is 16.6. The number of ether oxygens (including phenoxy) is 1. The van der Waals surface area contributed by atoms with Gasteiger partial charge in [0.2, 0.25) is 0 Å². The Morgan fingerprint density at radius 3 is 3.00 bits per heavy atom. The van der Waals surface area contributed by atoms with Gasteiger partial charge in [-0.1, -0.05) is 6.07 Å². The van der Waals surface area contributed by atoms with E-state index in [9.17, 15) is 4.79 Å². The Hall–Kier alpha value is -1.62. The molecule has 1 aromatic rings. The molecule has 1 aliphatic carbocycles. The topological polar surface area (TPSA) is 63.2 Å². The molecule has 0 radical (unpaired) electrons. The zero-order chi connectivity index (χ0) is 16.2. The molecule has 1 heterocycles. The van der Waals surface area contributed by atoms with E-state index in [4.69, 9.17) is 4.74 Å². The van der Waals surface area contributed by atoms with E-state index >= 15 is 0 Å². The Bertz CT molecular complexity index is 511. The van der Waals surface area contributed by atoms with Gasteiger partial charge in [-0.05, 0) is 65.1 Å². The van der Waals surface area contributed by atoms with Crippen LogP contribution in [0.25, 0.3) is 0 Å². The minimum absolute atomic E-state index is 0.0759. The number of carbonyl (C=O) groups excluding carboxylic acids is 1. The number of hydrogen-bond acceptors (Lipinski definition) is 4. The molecule has 122 valence electrons. The van der Waals surface area contributed by atoms with Crippen molar-refractivity contribution in [3.8, 4) is 0 Å². The van der Waals surface area contributed by atoms with Gasteiger partial charge in [-0.3, -0.25) is 4.98 Å². The maximum absolute atomic E-state index is 11.7. The zero-order valence-electron chi connectivity index (χ0n) is 14.0. The van der Waals surface area contributed by atoms with Crippen molar-refractivity contribution < 1.29 is 9.53 Å². The third-order valence-corrected chi connectivity index (χ3v) is 3.69. The first-order valence-corrected chi connectivity index (χ1v) is 8.02. The van der Waals surface area contributed by atoms with Gasteiger partial charge in [0.1, 0.15) is 5.60 Å². The van der Waals surface area contributed by atoms with Crippen LogP contribution in [0.3, 0.4) is 0 Å². The molecule has 0 bridgehead atoms. The third kappa shape index (κ3) is 4.98. The summed E-state index contributed by atoms with van der Waals surface area (Å²) in [6.45, 7) is 8.43. The molecule has 5 nitrogen and oxygen atoms in total. The summed E-state index contributed by atoms with van der Waals surface area (Å²) < 4.78 is 5.25. The molecule has 0 fully saturated rings. The van der Waals surface area contributed by atoms with E-state index < -0.39 is 5.60 Å². The van der Waals surface area contributed by atoms with Crippen molar-refractivity contribution in [2.24, 2.45) is 0 Å². The number of fused-ring (bicyclic) bond motifs is 1. The molecule has 22 heavy (non-hydrogen) atoms. The molecule has 2 atom stereocenters. The van der Waals surface area contributed by atoms with Crippen molar-refractivity contribution in [2.45, 2.75) is 64.6 Å². The van der Waals surface area contributed by atoms with Gasteiger partial charge in [-0.25, -0.2) is 4.79 Å². The largest absolute Gasteiger partial charge is 0.444 e. The SMILES string of the molecule is CC(CCNC1CCc2cccnc21)NC(=O)OC(C)(C)C. The molecule has 2 N–H and O–H groups in total. The van der Waals surface area contributed by atoms with Crippen LogP contribution in [0.15, 0.2) is 18.3 Å². The van der Waals surface area contributed by atoms with Crippen LogP contribution in [0.2, 0.25) is 0 Å². The molecule has 1 aliphatic rings. The van der Waals surface area contributed by atoms with Gasteiger partial charge >= 0.3 is 6.09 Å². The molecule has 5 heteroatoms. The molecule has 1 amide bonds. The van der Waals surface area contributed by atoms with Crippen LogP contribution in [-0.4, -0.2) is 29.3 Å². The first-order chi connectivity index (χ1) is 10.3. The lowest BCUT2D eigenvalue weighted by Gasteiger charge is -2.22. The highest BCUT2D eigenvalue weighted by molar-refractivity contribution is 5.67. The van der Waals surface area contributed by atoms with Crippen LogP contribution in [0.4, 0.5) is 4.79 Å². The first kappa shape index (κ1) is 16.7. The van der Waals surface area contributed by atoms with Crippen molar-refractivity contribution in [1.29, 1.82) is 0 Å². The van der Waals surface area contributed by atoms with Gasteiger partial charge in [0.25, 0.3) is 0 Å². The predicted molar refractivity (Wildman–Crippen MR) is 86.8 cm³/mol. The highest BCUT2D eigenvalue weighted by Gasteiger charge is 2.23. The number of carbonyl (C=O) groups is 1. The van der Waals surface area contributed by atoms with Crippen LogP contribution in [0.5, 0.6) is 0 Å². The summed E-state index contributed by atoms with van der Waals surface area (Å²) in [4.78, 5) is 16.2. The van der Waals surface area contributed by atoms with Gasteiger partial charge in [0, 0.05) is 12.2 Å². The fourth-order valence-electron chi connectivity index (χ4n) is 2.67. The lowest BCUT2D eigenvalue weighted by atomic mass is 10.2. The van der Waals surface area contributed by atoms with E-state index in [1.54, 1.807) is 0 Å². The Morgan fingerprint density at radius 1 is 1.50 bits per heavy atom. The van der Waals surface area contributed by atoms with Crippen molar-refractivity contribution >= 4 is 6.09 Å². The van der Waals surface area contributed by atoms with Gasteiger partial charge in [0.05, 0.1) is 11.7 Å². The summed E-state index contributed by atoms with van der Waals surface area (Å²) >= 11 is 0. The second-order valence-electron chi connectivity index (χ2n) is 6.93. The standard InChI is InChI=1S/C17H27N3O2/c1-12(20-16(21)22-17(2,3)4)9-11-18-14-8-7-13-6-5-10-19-15(13)14/h5-6,10,12,14,18H,7-9,11H2,1-4H3,(H,20,21). The normalized spacial score (nSPS) is 18.6. The molecule has 0 aliphatic heterocycles. The number of aromatic nitrogens is 1. The lowest BCUT2D eigenvalue weighted by Crippen LogP contribution is -2.39. The smallest absolute Gasteiger partial charge is 0.407 e. The Morgan fingerprint density at radius 2 is 2.27 bits per heavy atom. The van der Waals surface area contributed by atoms with E-state index in [1.165, 1.54) is 11.3 Å². The number of pyridine rings is 1. The quantitative estimate of drug-likeness (QED) is 0.878. The maximum Gasteiger partial charge on any atom is 0.407 e. The summed E-state index contributed by atoms with van der Waals surface area (Å²) in [6, 6.07) is 4.56. The lowest BCUT2D eigenvalue weighted by molar-refractivity contribution is 0.0506. The third-order valence-electron chi connectivity index (χ3n) is 3.69. The molecule has 1 aromatic heterocycles. The van der Waals surface area contributed by atoms with Crippen molar-refractivity contribution in [2.75, 3.05) is 6.54 Å². The summed E-state index contributed by atoms with van der Waals surface area (Å²) in [5, 5.41) is 6.40. The van der Waals surface area contributed by atoms with Gasteiger partial charge in [-0.15, -0.1) is 0 Å². The van der Waals surface area contributed by atoms with E-state index in [-0.39, 0.29) is 12.1 Å². The molecule has 2 unspecified atom stereocenters. The van der Waals surface area contributed by atoms with E-state index in [2.05, 4.69) is 21.7 Å². The van der Waals surface area contributed by atoms with Crippen LogP contribution in [-0.2, 0) is 11.2 Å². The second kappa shape index (κ2) is 7.09. The van der Waals surface area contributed by atoms with Crippen molar-refractivity contribution in [3.63, 3.8) is 0 Å². The molecule has 2 rings (SSSR count). The molecule has 0 saturated heterocycles. The number of nitrogens with zero attached hydrogens (tertiary/aromatic N) is 1. The van der Waals surface area contributed by atoms with E-state index in [0.717, 1.165) is 25.8 Å². The number of hydrogen-bond donors (Lipinski definition) is 2. The number of nitrogens with one attached hydrogen (secondary N) is 2. The van der Waals surface area contributed by atoms with Crippen LogP contribution >= 0.6 is 0 Å². The van der Waals surface area contributed by atoms with Crippen LogP contribution in [0.1, 0.15) is 57.8 Å². The molecular weight excluding hydrogens is 278 g/mol. The van der Waals surface area contributed by atoms with Crippen molar-refractivity contribution in [3.05, 3.63) is 29.6 Å². The fourth-order valence-corrected chi connectivity index (χ4v) is 2.67. The second-order valence-corrected chi connectivity index (χ2v) is 6.93. The zero-order valence-corrected chi connectivity index (χ0v) is 14.0. The predicted octanol–water partition coefficient (Wildman–Crippen LogP) is 2.96. The van der Waals surface area contributed by atoms with Crippen molar-refractivity contribution in [1.82, 2.24) is 15.6 Å². The summed E-state index contributed by atoms with van der Waals surface area (Å²) in [5.74, 6) is 0. The van der Waals surface area contributed by atoms with Crippen LogP contribution in [0, 0.1) is 0 Å². The van der Waals surface area contributed by atoms with Gasteiger partial charge in [0.15, 0.2) is 0 Å². The Kier molecular flexibility index (Phi) is 5.40. The number of aryl methyl sites for hydroxylation is 1. The Balaban J connectivity index is 1.70. The summed E-state index contributed by atoms with van der Waals surface area (Å²) in [7, 11) is 0. The van der Waals surface area contributed by atoms with Gasteiger partial charge < -0.3 is 15.4 Å².